The Bertz CT molecular complexity index is 1020. The Morgan fingerprint density at radius 3 is 2.28 bits per heavy atom. The van der Waals surface area contributed by atoms with Crippen LogP contribution < -0.4 is 16.4 Å². The van der Waals surface area contributed by atoms with Gasteiger partial charge in [-0.25, -0.2) is 4.79 Å². The minimum atomic E-state index is -1.37. The second kappa shape index (κ2) is 15.7. The van der Waals surface area contributed by atoms with Gasteiger partial charge < -0.3 is 30.7 Å². The summed E-state index contributed by atoms with van der Waals surface area (Å²) < 4.78 is 9.94. The first kappa shape index (κ1) is 33.4. The standard InChI is InChI=1S/C28H44N4O7/c1-8-9-10-11-14-32(26(36)21(16-22(29)33)31-27(37)39-28(4,5)6)24(25(35)30-17-23(34)38-7)20-15-18(2)12-13-19(20)3/h12-13,15,21,24H,8-11,14,16-17H2,1-7H3,(H2,29,33)(H,30,35)(H,31,37). The molecule has 0 saturated heterocycles. The number of primary amides is 1. The van der Waals surface area contributed by atoms with Crippen molar-refractivity contribution in [3.63, 3.8) is 0 Å². The summed E-state index contributed by atoms with van der Waals surface area (Å²) in [7, 11) is 1.21. The maximum atomic E-state index is 14.0. The molecular formula is C28H44N4O7. The van der Waals surface area contributed by atoms with Crippen LogP contribution in [0.4, 0.5) is 4.79 Å². The summed E-state index contributed by atoms with van der Waals surface area (Å²) in [6, 6.07) is 3.00. The zero-order chi connectivity index (χ0) is 29.8. The SMILES string of the molecule is CCCCCCN(C(=O)C(CC(N)=O)NC(=O)OC(C)(C)C)C(C(=O)NCC(=O)OC)c1cc(C)ccc1C. The average molecular weight is 549 g/mol. The lowest BCUT2D eigenvalue weighted by Gasteiger charge is -2.35. The smallest absolute Gasteiger partial charge is 0.408 e. The minimum Gasteiger partial charge on any atom is -0.468 e. The van der Waals surface area contributed by atoms with Crippen molar-refractivity contribution in [2.75, 3.05) is 20.2 Å². The lowest BCUT2D eigenvalue weighted by Crippen LogP contribution is -2.54. The van der Waals surface area contributed by atoms with E-state index >= 15 is 0 Å². The summed E-state index contributed by atoms with van der Waals surface area (Å²) in [5.41, 5.74) is 6.74. The topological polar surface area (TPSA) is 157 Å². The number of methoxy groups -OCH3 is 1. The van der Waals surface area contributed by atoms with E-state index in [1.807, 2.05) is 26.0 Å². The molecule has 0 bridgehead atoms. The van der Waals surface area contributed by atoms with E-state index in [2.05, 4.69) is 22.3 Å². The third-order valence-corrected chi connectivity index (χ3v) is 5.85. The van der Waals surface area contributed by atoms with E-state index in [9.17, 15) is 24.0 Å². The average Bonchev–Trinajstić information content (AvgIpc) is 2.83. The van der Waals surface area contributed by atoms with Gasteiger partial charge in [-0.2, -0.15) is 0 Å². The Kier molecular flexibility index (Phi) is 13.4. The number of carbonyl (C=O) groups excluding carboxylic acids is 5. The molecular weight excluding hydrogens is 504 g/mol. The number of carbonyl (C=O) groups is 5. The van der Waals surface area contributed by atoms with E-state index in [-0.39, 0.29) is 6.54 Å². The Labute approximate surface area is 231 Å². The molecule has 0 aromatic heterocycles. The van der Waals surface area contributed by atoms with E-state index < -0.39 is 60.4 Å². The monoisotopic (exact) mass is 548 g/mol. The highest BCUT2D eigenvalue weighted by molar-refractivity contribution is 5.95. The first-order chi connectivity index (χ1) is 18.2. The molecule has 0 saturated carbocycles. The van der Waals surface area contributed by atoms with Crippen LogP contribution in [0.1, 0.15) is 82.5 Å². The fraction of sp³-hybridized carbons (Fsp3) is 0.607. The van der Waals surface area contributed by atoms with Crippen LogP contribution >= 0.6 is 0 Å². The van der Waals surface area contributed by atoms with E-state index in [1.165, 1.54) is 12.0 Å². The highest BCUT2D eigenvalue weighted by atomic mass is 16.6. The van der Waals surface area contributed by atoms with Gasteiger partial charge in [0.1, 0.15) is 24.2 Å². The number of unbranched alkanes of at least 4 members (excludes halogenated alkanes) is 3. The Hall–Kier alpha value is -3.63. The van der Waals surface area contributed by atoms with Crippen molar-refractivity contribution in [3.05, 3.63) is 34.9 Å². The van der Waals surface area contributed by atoms with Crippen molar-refractivity contribution in [3.8, 4) is 0 Å². The summed E-state index contributed by atoms with van der Waals surface area (Å²) in [6.07, 6.45) is 1.85. The molecule has 1 rings (SSSR count). The Morgan fingerprint density at radius 2 is 1.72 bits per heavy atom. The highest BCUT2D eigenvalue weighted by Crippen LogP contribution is 2.27. The fourth-order valence-electron chi connectivity index (χ4n) is 3.96. The number of amides is 4. The molecule has 0 aliphatic carbocycles. The second-order valence-corrected chi connectivity index (χ2v) is 10.5. The van der Waals surface area contributed by atoms with Gasteiger partial charge >= 0.3 is 12.1 Å². The first-order valence-corrected chi connectivity index (χ1v) is 13.2. The molecule has 0 aliphatic rings. The summed E-state index contributed by atoms with van der Waals surface area (Å²) in [4.78, 5) is 65.2. The number of rotatable bonds is 14. The quantitative estimate of drug-likeness (QED) is 0.238. The van der Waals surface area contributed by atoms with Crippen molar-refractivity contribution in [2.45, 2.75) is 91.3 Å². The second-order valence-electron chi connectivity index (χ2n) is 10.5. The molecule has 0 radical (unpaired) electrons. The molecule has 1 aromatic rings. The van der Waals surface area contributed by atoms with Crippen LogP contribution in [0.25, 0.3) is 0 Å². The van der Waals surface area contributed by atoms with Crippen LogP contribution in [0, 0.1) is 13.8 Å². The molecule has 11 nitrogen and oxygen atoms in total. The van der Waals surface area contributed by atoms with Gasteiger partial charge in [0, 0.05) is 6.54 Å². The maximum absolute atomic E-state index is 14.0. The van der Waals surface area contributed by atoms with Gasteiger partial charge in [0.15, 0.2) is 0 Å². The van der Waals surface area contributed by atoms with E-state index in [4.69, 9.17) is 10.5 Å². The molecule has 0 aliphatic heterocycles. The zero-order valence-electron chi connectivity index (χ0n) is 24.2. The fourth-order valence-corrected chi connectivity index (χ4v) is 3.96. The first-order valence-electron chi connectivity index (χ1n) is 13.2. The summed E-state index contributed by atoms with van der Waals surface area (Å²) in [5, 5.41) is 5.01. The zero-order valence-corrected chi connectivity index (χ0v) is 24.2. The van der Waals surface area contributed by atoms with Crippen LogP contribution in [0.2, 0.25) is 0 Å². The lowest BCUT2D eigenvalue weighted by molar-refractivity contribution is -0.145. The minimum absolute atomic E-state index is 0.161. The van der Waals surface area contributed by atoms with Crippen LogP contribution in [-0.4, -0.2) is 66.5 Å². The predicted molar refractivity (Wildman–Crippen MR) is 147 cm³/mol. The summed E-state index contributed by atoms with van der Waals surface area (Å²) >= 11 is 0. The molecule has 39 heavy (non-hydrogen) atoms. The predicted octanol–water partition coefficient (Wildman–Crippen LogP) is 2.81. The van der Waals surface area contributed by atoms with E-state index in [0.29, 0.717) is 12.0 Å². The number of aryl methyl sites for hydroxylation is 2. The number of hydrogen-bond donors (Lipinski definition) is 3. The molecule has 1 aromatic carbocycles. The van der Waals surface area contributed by atoms with Gasteiger partial charge in [0.25, 0.3) is 0 Å². The van der Waals surface area contributed by atoms with Gasteiger partial charge in [-0.05, 0) is 52.2 Å². The van der Waals surface area contributed by atoms with Gasteiger partial charge in [0.05, 0.1) is 13.5 Å². The maximum Gasteiger partial charge on any atom is 0.408 e. The van der Waals surface area contributed by atoms with E-state index in [0.717, 1.165) is 30.4 Å². The van der Waals surface area contributed by atoms with Gasteiger partial charge in [-0.3, -0.25) is 19.2 Å². The van der Waals surface area contributed by atoms with Crippen LogP contribution in [0.3, 0.4) is 0 Å². The molecule has 0 spiro atoms. The number of esters is 1. The summed E-state index contributed by atoms with van der Waals surface area (Å²) in [5.74, 6) is -2.74. The van der Waals surface area contributed by atoms with Crippen LogP contribution in [0.5, 0.6) is 0 Å². The van der Waals surface area contributed by atoms with Crippen molar-refractivity contribution in [1.29, 1.82) is 0 Å². The number of nitrogens with two attached hydrogens (primary N) is 1. The number of hydrogen-bond acceptors (Lipinski definition) is 7. The molecule has 218 valence electrons. The molecule has 0 heterocycles. The van der Waals surface area contributed by atoms with Crippen molar-refractivity contribution in [2.24, 2.45) is 5.73 Å². The lowest BCUT2D eigenvalue weighted by atomic mass is 9.95. The molecule has 4 amide bonds. The third kappa shape index (κ3) is 11.7. The number of nitrogens with zero attached hydrogens (tertiary/aromatic N) is 1. The largest absolute Gasteiger partial charge is 0.468 e. The van der Waals surface area contributed by atoms with Crippen molar-refractivity contribution < 1.29 is 33.4 Å². The number of ether oxygens (including phenoxy) is 2. The number of alkyl carbamates (subject to hydrolysis) is 1. The van der Waals surface area contributed by atoms with Gasteiger partial charge in [-0.1, -0.05) is 49.9 Å². The normalized spacial score (nSPS) is 12.6. The molecule has 0 fully saturated rings. The third-order valence-electron chi connectivity index (χ3n) is 5.85. The van der Waals surface area contributed by atoms with Crippen LogP contribution in [0.15, 0.2) is 18.2 Å². The number of nitrogens with one attached hydrogen (secondary N) is 2. The van der Waals surface area contributed by atoms with E-state index in [1.54, 1.807) is 26.8 Å². The summed E-state index contributed by atoms with van der Waals surface area (Å²) in [6.45, 7) is 10.5. The highest BCUT2D eigenvalue weighted by Gasteiger charge is 2.37. The molecule has 2 atom stereocenters. The Morgan fingerprint density at radius 1 is 1.05 bits per heavy atom. The van der Waals surface area contributed by atoms with Crippen molar-refractivity contribution in [1.82, 2.24) is 15.5 Å². The Balaban J connectivity index is 3.58. The van der Waals surface area contributed by atoms with Crippen LogP contribution in [-0.2, 0) is 28.7 Å². The van der Waals surface area contributed by atoms with Gasteiger partial charge in [0.2, 0.25) is 17.7 Å². The van der Waals surface area contributed by atoms with Crippen molar-refractivity contribution >= 4 is 29.8 Å². The molecule has 11 heteroatoms. The molecule has 2 unspecified atom stereocenters. The van der Waals surface area contributed by atoms with Gasteiger partial charge in [-0.15, -0.1) is 0 Å². The number of benzene rings is 1. The molecule has 4 N–H and O–H groups in total.